The summed E-state index contributed by atoms with van der Waals surface area (Å²) in [6.45, 7) is 0. The molecule has 0 atom stereocenters. The Kier molecular flexibility index (Phi) is 4.87. The number of methoxy groups -OCH3 is 1. The summed E-state index contributed by atoms with van der Waals surface area (Å²) in [7, 11) is 1.46. The summed E-state index contributed by atoms with van der Waals surface area (Å²) >= 11 is 8.33. The summed E-state index contributed by atoms with van der Waals surface area (Å²) in [5.41, 5.74) is 7.10. The van der Waals surface area contributed by atoms with Crippen LogP contribution in [0, 0.1) is 0 Å². The first kappa shape index (κ1) is 15.4. The molecule has 0 unspecified atom stereocenters. The van der Waals surface area contributed by atoms with Crippen LogP contribution in [0.2, 0.25) is 0 Å². The van der Waals surface area contributed by atoms with Gasteiger partial charge >= 0.3 is 0 Å². The highest BCUT2D eigenvalue weighted by Crippen LogP contribution is 2.23. The maximum Gasteiger partial charge on any atom is 0.261 e. The predicted molar refractivity (Wildman–Crippen MR) is 88.8 cm³/mol. The van der Waals surface area contributed by atoms with Crippen LogP contribution in [0.3, 0.4) is 0 Å². The van der Waals surface area contributed by atoms with Crippen LogP contribution in [0.15, 0.2) is 41.0 Å². The number of nitrogens with zero attached hydrogens (tertiary/aromatic N) is 1. The summed E-state index contributed by atoms with van der Waals surface area (Å²) in [4.78, 5) is 16.5. The smallest absolute Gasteiger partial charge is 0.261 e. The maximum atomic E-state index is 12.3. The van der Waals surface area contributed by atoms with E-state index in [-0.39, 0.29) is 16.8 Å². The lowest BCUT2D eigenvalue weighted by molar-refractivity contribution is 0.102. The summed E-state index contributed by atoms with van der Waals surface area (Å²) < 4.78 is 5.88. The molecule has 0 spiro atoms. The van der Waals surface area contributed by atoms with E-state index < -0.39 is 0 Å². The van der Waals surface area contributed by atoms with Crippen LogP contribution in [0.4, 0.5) is 5.69 Å². The Balaban J connectivity index is 2.36. The predicted octanol–water partition coefficient (Wildman–Crippen LogP) is 2.74. The van der Waals surface area contributed by atoms with E-state index in [0.29, 0.717) is 16.8 Å². The lowest BCUT2D eigenvalue weighted by Crippen LogP contribution is -2.18. The minimum Gasteiger partial charge on any atom is -0.480 e. The van der Waals surface area contributed by atoms with Crippen molar-refractivity contribution < 1.29 is 9.53 Å². The van der Waals surface area contributed by atoms with Crippen LogP contribution in [0.1, 0.15) is 15.9 Å². The zero-order valence-electron chi connectivity index (χ0n) is 11.1. The molecule has 5 nitrogen and oxygen atoms in total. The fourth-order valence-electron chi connectivity index (χ4n) is 1.75. The molecule has 108 valence electrons. The van der Waals surface area contributed by atoms with Gasteiger partial charge in [0.15, 0.2) is 0 Å². The average molecular weight is 366 g/mol. The van der Waals surface area contributed by atoms with E-state index in [9.17, 15) is 4.79 Å². The number of thiocarbonyl (C=S) groups is 1. The van der Waals surface area contributed by atoms with Gasteiger partial charge in [0.25, 0.3) is 5.91 Å². The second-order valence-corrected chi connectivity index (χ2v) is 5.42. The van der Waals surface area contributed by atoms with Gasteiger partial charge in [-0.1, -0.05) is 28.1 Å². The minimum absolute atomic E-state index is 0.205. The Hall–Kier alpha value is -1.99. The number of ether oxygens (including phenoxy) is 1. The van der Waals surface area contributed by atoms with E-state index in [0.717, 1.165) is 4.47 Å². The number of nitrogens with two attached hydrogens (primary N) is 1. The van der Waals surface area contributed by atoms with E-state index in [1.54, 1.807) is 36.5 Å². The Morgan fingerprint density at radius 2 is 2.14 bits per heavy atom. The number of hydrogen-bond acceptors (Lipinski definition) is 4. The van der Waals surface area contributed by atoms with Crippen molar-refractivity contribution in [2.24, 2.45) is 5.73 Å². The van der Waals surface area contributed by atoms with Crippen molar-refractivity contribution in [2.75, 3.05) is 12.4 Å². The van der Waals surface area contributed by atoms with Gasteiger partial charge < -0.3 is 15.8 Å². The first-order valence-corrected chi connectivity index (χ1v) is 7.12. The van der Waals surface area contributed by atoms with Gasteiger partial charge in [-0.05, 0) is 30.3 Å². The van der Waals surface area contributed by atoms with Gasteiger partial charge in [-0.2, -0.15) is 0 Å². The number of hydrogen-bond donors (Lipinski definition) is 2. The molecule has 0 aliphatic carbocycles. The molecule has 1 heterocycles. The molecule has 1 aromatic heterocycles. The van der Waals surface area contributed by atoms with E-state index in [1.165, 1.54) is 7.11 Å². The van der Waals surface area contributed by atoms with Gasteiger partial charge in [0.05, 0.1) is 12.8 Å². The molecule has 0 saturated carbocycles. The number of benzene rings is 1. The summed E-state index contributed by atoms with van der Waals surface area (Å²) in [6, 6.07) is 8.55. The van der Waals surface area contributed by atoms with Gasteiger partial charge in [-0.3, -0.25) is 4.79 Å². The number of amides is 1. The number of anilines is 1. The van der Waals surface area contributed by atoms with Crippen LogP contribution in [0.5, 0.6) is 5.88 Å². The fourth-order valence-corrected chi connectivity index (χ4v) is 2.29. The molecule has 1 aromatic carbocycles. The van der Waals surface area contributed by atoms with E-state index >= 15 is 0 Å². The highest BCUT2D eigenvalue weighted by molar-refractivity contribution is 9.10. The molecule has 0 aliphatic rings. The minimum atomic E-state index is -0.351. The van der Waals surface area contributed by atoms with Crippen molar-refractivity contribution in [2.45, 2.75) is 0 Å². The van der Waals surface area contributed by atoms with Crippen LogP contribution < -0.4 is 15.8 Å². The van der Waals surface area contributed by atoms with Crippen molar-refractivity contribution in [3.63, 3.8) is 0 Å². The van der Waals surface area contributed by atoms with Gasteiger partial charge in [-0.15, -0.1) is 0 Å². The van der Waals surface area contributed by atoms with Crippen LogP contribution in [-0.2, 0) is 0 Å². The Labute approximate surface area is 135 Å². The molecule has 0 aliphatic heterocycles. The standard InChI is InChI=1S/C14H12BrN3O2S/c1-20-14-10(3-2-6-17-14)13(19)18-11-7-8(15)4-5-9(11)12(16)21/h2-7H,1H3,(H2,16,21)(H,18,19). The molecule has 0 fully saturated rings. The second kappa shape index (κ2) is 6.64. The molecule has 2 aromatic rings. The number of pyridine rings is 1. The summed E-state index contributed by atoms with van der Waals surface area (Å²) in [5, 5.41) is 2.77. The first-order valence-electron chi connectivity index (χ1n) is 5.92. The van der Waals surface area contributed by atoms with Gasteiger partial charge in [0, 0.05) is 16.2 Å². The third-order valence-electron chi connectivity index (χ3n) is 2.70. The lowest BCUT2D eigenvalue weighted by atomic mass is 10.1. The van der Waals surface area contributed by atoms with Crippen molar-refractivity contribution in [3.8, 4) is 5.88 Å². The SMILES string of the molecule is COc1ncccc1C(=O)Nc1cc(Br)ccc1C(N)=S. The topological polar surface area (TPSA) is 77.2 Å². The Bertz CT molecular complexity index is 706. The molecule has 3 N–H and O–H groups in total. The second-order valence-electron chi connectivity index (χ2n) is 4.07. The number of nitrogens with one attached hydrogen (secondary N) is 1. The molecule has 0 bridgehead atoms. The maximum absolute atomic E-state index is 12.3. The molecule has 0 saturated heterocycles. The summed E-state index contributed by atoms with van der Waals surface area (Å²) in [6.07, 6.45) is 1.55. The number of aromatic nitrogens is 1. The molecule has 21 heavy (non-hydrogen) atoms. The van der Waals surface area contributed by atoms with Crippen molar-refractivity contribution in [1.82, 2.24) is 4.98 Å². The largest absolute Gasteiger partial charge is 0.480 e. The molecule has 2 rings (SSSR count). The zero-order chi connectivity index (χ0) is 15.4. The Morgan fingerprint density at radius 1 is 1.38 bits per heavy atom. The lowest BCUT2D eigenvalue weighted by Gasteiger charge is -2.12. The normalized spacial score (nSPS) is 10.0. The van der Waals surface area contributed by atoms with Crippen molar-refractivity contribution in [1.29, 1.82) is 0 Å². The van der Waals surface area contributed by atoms with Crippen LogP contribution in [-0.4, -0.2) is 23.0 Å². The number of halogens is 1. The highest BCUT2D eigenvalue weighted by atomic mass is 79.9. The fraction of sp³-hybridized carbons (Fsp3) is 0.0714. The molecular formula is C14H12BrN3O2S. The number of carbonyl (C=O) groups is 1. The van der Waals surface area contributed by atoms with Gasteiger partial charge in [-0.25, -0.2) is 4.98 Å². The average Bonchev–Trinajstić information content (AvgIpc) is 2.46. The third-order valence-corrected chi connectivity index (χ3v) is 3.42. The van der Waals surface area contributed by atoms with E-state index in [1.807, 2.05) is 0 Å². The molecule has 0 radical (unpaired) electrons. The Morgan fingerprint density at radius 3 is 2.81 bits per heavy atom. The molecule has 7 heteroatoms. The van der Waals surface area contributed by atoms with Crippen LogP contribution in [0.25, 0.3) is 0 Å². The number of rotatable bonds is 4. The number of carbonyl (C=O) groups excluding carboxylic acids is 1. The quantitative estimate of drug-likeness (QED) is 0.814. The van der Waals surface area contributed by atoms with Crippen molar-refractivity contribution >= 4 is 44.7 Å². The summed E-state index contributed by atoms with van der Waals surface area (Å²) in [5.74, 6) is -0.0996. The van der Waals surface area contributed by atoms with E-state index in [4.69, 9.17) is 22.7 Å². The monoisotopic (exact) mass is 365 g/mol. The van der Waals surface area contributed by atoms with Gasteiger partial charge in [0.1, 0.15) is 10.6 Å². The highest BCUT2D eigenvalue weighted by Gasteiger charge is 2.15. The van der Waals surface area contributed by atoms with Crippen molar-refractivity contribution in [3.05, 3.63) is 52.1 Å². The van der Waals surface area contributed by atoms with E-state index in [2.05, 4.69) is 26.2 Å². The van der Waals surface area contributed by atoms with Crippen LogP contribution >= 0.6 is 28.1 Å². The first-order chi connectivity index (χ1) is 10.0. The zero-order valence-corrected chi connectivity index (χ0v) is 13.5. The molecule has 1 amide bonds. The van der Waals surface area contributed by atoms with Gasteiger partial charge in [0.2, 0.25) is 5.88 Å². The molecular weight excluding hydrogens is 354 g/mol. The third kappa shape index (κ3) is 3.56.